The third-order valence-electron chi connectivity index (χ3n) is 1.31. The minimum absolute atomic E-state index is 0.125. The first-order valence-electron chi connectivity index (χ1n) is 7.01. The molecule has 0 heterocycles. The van der Waals surface area contributed by atoms with Gasteiger partial charge in [0, 0.05) is 20.1 Å². The highest BCUT2D eigenvalue weighted by atomic mass is 16.5. The van der Waals surface area contributed by atoms with E-state index in [9.17, 15) is 4.79 Å². The van der Waals surface area contributed by atoms with Crippen molar-refractivity contribution in [3.63, 3.8) is 0 Å². The standard InChI is InChI=1S/C6H12O2.C4H10O.C3H6.C2H6O2/c1-3-4-5-8-6(2)7;1-3-5-4-2;1-3-2;3-1-2-4/h3-5H2,1-2H3;3-4H2,1-2H3;3H,1H2,2H3;3-4H,1-2H2. The molecule has 0 aliphatic heterocycles. The number of esters is 1. The lowest BCUT2D eigenvalue weighted by atomic mass is 10.4. The zero-order chi connectivity index (χ0) is 16.6. The molecule has 0 atom stereocenters. The predicted molar refractivity (Wildman–Crippen MR) is 83.8 cm³/mol. The summed E-state index contributed by atoms with van der Waals surface area (Å²) < 4.78 is 9.48. The molecule has 0 aromatic heterocycles. The van der Waals surface area contributed by atoms with Crippen LogP contribution in [0.3, 0.4) is 0 Å². The quantitative estimate of drug-likeness (QED) is 0.447. The maximum Gasteiger partial charge on any atom is 0.302 e. The first-order chi connectivity index (χ1) is 9.51. The van der Waals surface area contributed by atoms with E-state index in [0.29, 0.717) is 6.61 Å². The van der Waals surface area contributed by atoms with Gasteiger partial charge in [-0.05, 0) is 27.2 Å². The third-order valence-corrected chi connectivity index (χ3v) is 1.31. The minimum Gasteiger partial charge on any atom is -0.466 e. The van der Waals surface area contributed by atoms with Crippen LogP contribution in [-0.4, -0.2) is 49.2 Å². The molecule has 2 N–H and O–H groups in total. The summed E-state index contributed by atoms with van der Waals surface area (Å²) in [7, 11) is 0. The van der Waals surface area contributed by atoms with Crippen molar-refractivity contribution in [1.82, 2.24) is 0 Å². The van der Waals surface area contributed by atoms with Crippen LogP contribution in [0, 0.1) is 0 Å². The Balaban J connectivity index is -0.0000000924. The molecule has 0 aliphatic rings. The van der Waals surface area contributed by atoms with Gasteiger partial charge < -0.3 is 19.7 Å². The lowest BCUT2D eigenvalue weighted by Crippen LogP contribution is -1.99. The van der Waals surface area contributed by atoms with Gasteiger partial charge in [0.2, 0.25) is 0 Å². The number of hydrogen-bond donors (Lipinski definition) is 2. The highest BCUT2D eigenvalue weighted by Gasteiger charge is 1.88. The van der Waals surface area contributed by atoms with E-state index in [1.54, 1.807) is 6.08 Å². The topological polar surface area (TPSA) is 76.0 Å². The zero-order valence-corrected chi connectivity index (χ0v) is 13.9. The molecule has 0 saturated carbocycles. The number of carbonyl (C=O) groups is 1. The molecule has 5 nitrogen and oxygen atoms in total. The molecule has 0 radical (unpaired) electrons. The summed E-state index contributed by atoms with van der Waals surface area (Å²) in [5.74, 6) is -0.182. The lowest BCUT2D eigenvalue weighted by Gasteiger charge is -1.96. The molecular weight excluding hydrogens is 260 g/mol. The monoisotopic (exact) mass is 294 g/mol. The number of aliphatic hydroxyl groups excluding tert-OH is 2. The highest BCUT2D eigenvalue weighted by Crippen LogP contribution is 1.86. The molecule has 0 amide bonds. The fraction of sp³-hybridized carbons (Fsp3) is 0.800. The molecule has 124 valence electrons. The van der Waals surface area contributed by atoms with E-state index in [2.05, 4.69) is 18.2 Å². The van der Waals surface area contributed by atoms with Gasteiger partial charge in [-0.25, -0.2) is 0 Å². The zero-order valence-electron chi connectivity index (χ0n) is 13.9. The van der Waals surface area contributed by atoms with Crippen LogP contribution < -0.4 is 0 Å². The van der Waals surface area contributed by atoms with Crippen LogP contribution in [0.5, 0.6) is 0 Å². The molecular formula is C15H34O5. The average Bonchev–Trinajstić information content (AvgIpc) is 2.41. The second kappa shape index (κ2) is 36.1. The van der Waals surface area contributed by atoms with Crippen LogP contribution in [0.1, 0.15) is 47.5 Å². The molecule has 0 rings (SSSR count). The number of allylic oxidation sites excluding steroid dienone is 1. The van der Waals surface area contributed by atoms with Gasteiger partial charge in [0.1, 0.15) is 0 Å². The van der Waals surface area contributed by atoms with Gasteiger partial charge in [-0.3, -0.25) is 4.79 Å². The molecule has 0 aliphatic carbocycles. The van der Waals surface area contributed by atoms with Crippen molar-refractivity contribution < 1.29 is 24.5 Å². The normalized spacial score (nSPS) is 7.75. The molecule has 0 fully saturated rings. The summed E-state index contributed by atoms with van der Waals surface area (Å²) in [6.07, 6.45) is 3.80. The van der Waals surface area contributed by atoms with Crippen LogP contribution in [0.25, 0.3) is 0 Å². The number of carbonyl (C=O) groups excluding carboxylic acids is 1. The number of rotatable bonds is 6. The highest BCUT2D eigenvalue weighted by molar-refractivity contribution is 5.65. The van der Waals surface area contributed by atoms with Crippen LogP contribution in [-0.2, 0) is 14.3 Å². The Morgan fingerprint density at radius 1 is 1.15 bits per heavy atom. The van der Waals surface area contributed by atoms with Gasteiger partial charge in [0.15, 0.2) is 0 Å². The van der Waals surface area contributed by atoms with Crippen molar-refractivity contribution in [1.29, 1.82) is 0 Å². The summed E-state index contributed by atoms with van der Waals surface area (Å²) in [5.41, 5.74) is 0. The summed E-state index contributed by atoms with van der Waals surface area (Å²) in [6.45, 7) is 14.7. The Labute approximate surface area is 124 Å². The van der Waals surface area contributed by atoms with Crippen LogP contribution in [0.4, 0.5) is 0 Å². The summed E-state index contributed by atoms with van der Waals surface area (Å²) >= 11 is 0. The summed E-state index contributed by atoms with van der Waals surface area (Å²) in [5, 5.41) is 15.2. The molecule has 20 heavy (non-hydrogen) atoms. The van der Waals surface area contributed by atoms with Crippen LogP contribution in [0.15, 0.2) is 12.7 Å². The van der Waals surface area contributed by atoms with Crippen molar-refractivity contribution in [2.75, 3.05) is 33.0 Å². The van der Waals surface area contributed by atoms with E-state index in [4.69, 9.17) is 14.9 Å². The Morgan fingerprint density at radius 3 is 1.70 bits per heavy atom. The number of unbranched alkanes of at least 4 members (excludes halogenated alkanes) is 1. The van der Waals surface area contributed by atoms with E-state index < -0.39 is 0 Å². The smallest absolute Gasteiger partial charge is 0.302 e. The SMILES string of the molecule is C=CC.CCCCOC(C)=O.CCOCC.OCCO. The van der Waals surface area contributed by atoms with Gasteiger partial charge >= 0.3 is 5.97 Å². The molecule has 0 spiro atoms. The van der Waals surface area contributed by atoms with E-state index in [1.165, 1.54) is 6.92 Å². The minimum atomic E-state index is -0.182. The first-order valence-corrected chi connectivity index (χ1v) is 7.01. The Morgan fingerprint density at radius 2 is 1.55 bits per heavy atom. The second-order valence-electron chi connectivity index (χ2n) is 3.33. The second-order valence-corrected chi connectivity index (χ2v) is 3.33. The van der Waals surface area contributed by atoms with Crippen molar-refractivity contribution in [3.05, 3.63) is 12.7 Å². The molecule has 0 aromatic carbocycles. The maximum atomic E-state index is 10.1. The third kappa shape index (κ3) is 88.0. The Hall–Kier alpha value is -0.910. The van der Waals surface area contributed by atoms with Crippen LogP contribution in [0.2, 0.25) is 0 Å². The summed E-state index contributed by atoms with van der Waals surface area (Å²) in [6, 6.07) is 0. The number of aliphatic hydroxyl groups is 2. The summed E-state index contributed by atoms with van der Waals surface area (Å²) in [4.78, 5) is 10.1. The van der Waals surface area contributed by atoms with E-state index in [0.717, 1.165) is 26.1 Å². The first kappa shape index (κ1) is 27.4. The Kier molecular flexibility index (Phi) is 49.6. The fourth-order valence-electron chi connectivity index (χ4n) is 0.564. The number of ether oxygens (including phenoxy) is 2. The van der Waals surface area contributed by atoms with Crippen molar-refractivity contribution >= 4 is 5.97 Å². The lowest BCUT2D eigenvalue weighted by molar-refractivity contribution is -0.141. The average molecular weight is 294 g/mol. The van der Waals surface area contributed by atoms with Crippen molar-refractivity contribution in [2.45, 2.75) is 47.5 Å². The van der Waals surface area contributed by atoms with Gasteiger partial charge in [-0.15, -0.1) is 6.58 Å². The fourth-order valence-corrected chi connectivity index (χ4v) is 0.564. The van der Waals surface area contributed by atoms with Gasteiger partial charge in [0.25, 0.3) is 0 Å². The van der Waals surface area contributed by atoms with E-state index in [1.807, 2.05) is 20.8 Å². The van der Waals surface area contributed by atoms with Gasteiger partial charge in [-0.2, -0.15) is 0 Å². The molecule has 5 heteroatoms. The number of hydrogen-bond acceptors (Lipinski definition) is 5. The predicted octanol–water partition coefficient (Wildman–Crippen LogP) is 2.56. The van der Waals surface area contributed by atoms with E-state index >= 15 is 0 Å². The Bertz CT molecular complexity index is 156. The maximum absolute atomic E-state index is 10.1. The molecule has 0 bridgehead atoms. The largest absolute Gasteiger partial charge is 0.466 e. The van der Waals surface area contributed by atoms with Crippen LogP contribution >= 0.6 is 0 Å². The van der Waals surface area contributed by atoms with Gasteiger partial charge in [0.05, 0.1) is 19.8 Å². The molecule has 0 saturated heterocycles. The molecule has 0 unspecified atom stereocenters. The molecule has 0 aromatic rings. The van der Waals surface area contributed by atoms with Crippen molar-refractivity contribution in [2.24, 2.45) is 0 Å². The van der Waals surface area contributed by atoms with E-state index in [-0.39, 0.29) is 19.2 Å². The van der Waals surface area contributed by atoms with Crippen molar-refractivity contribution in [3.8, 4) is 0 Å². The van der Waals surface area contributed by atoms with Gasteiger partial charge in [-0.1, -0.05) is 19.4 Å².